The average molecular weight is 600 g/mol. The molecule has 4 aromatic rings. The lowest BCUT2D eigenvalue weighted by Gasteiger charge is -2.34. The van der Waals surface area contributed by atoms with Crippen LogP contribution in [-0.2, 0) is 16.1 Å². The minimum Gasteiger partial charge on any atom is -0.439 e. The Morgan fingerprint density at radius 3 is 2.19 bits per heavy atom. The molecule has 6 nitrogen and oxygen atoms in total. The summed E-state index contributed by atoms with van der Waals surface area (Å²) in [6.07, 6.45) is 8.13. The van der Waals surface area contributed by atoms with Crippen molar-refractivity contribution in [1.82, 2.24) is 9.47 Å². The van der Waals surface area contributed by atoms with Gasteiger partial charge in [-0.25, -0.2) is 0 Å². The second-order valence-electron chi connectivity index (χ2n) is 9.93. The smallest absolute Gasteiger partial charge is 0.395 e. The van der Waals surface area contributed by atoms with Crippen LogP contribution in [0.15, 0.2) is 79.0 Å². The number of halogens is 2. The van der Waals surface area contributed by atoms with Gasteiger partial charge in [-0.05, 0) is 73.5 Å². The van der Waals surface area contributed by atoms with Gasteiger partial charge in [0.2, 0.25) is 5.78 Å². The topological polar surface area (TPSA) is 60.8 Å². The predicted molar refractivity (Wildman–Crippen MR) is 165 cm³/mol. The minimum atomic E-state index is -2.34. The third kappa shape index (κ3) is 5.97. The van der Waals surface area contributed by atoms with Gasteiger partial charge in [0.25, 0.3) is 0 Å². The number of hydrogen-bond acceptors (Lipinski definition) is 4. The molecule has 0 N–H and O–H groups in total. The van der Waals surface area contributed by atoms with Gasteiger partial charge in [0.15, 0.2) is 0 Å². The number of aromatic nitrogens is 1. The van der Waals surface area contributed by atoms with E-state index >= 15 is 0 Å². The molecule has 0 spiro atoms. The number of rotatable bonds is 9. The first-order valence-electron chi connectivity index (χ1n) is 13.5. The van der Waals surface area contributed by atoms with E-state index < -0.39 is 17.5 Å². The highest BCUT2D eigenvalue weighted by atomic mass is 35.5. The molecular weight excluding hydrogens is 571 g/mol. The number of ether oxygens (including phenoxy) is 2. The first kappa shape index (κ1) is 29.1. The molecule has 0 saturated carbocycles. The maximum atomic E-state index is 14.5. The molecule has 1 saturated heterocycles. The highest BCUT2D eigenvalue weighted by Crippen LogP contribution is 2.36. The second kappa shape index (κ2) is 12.7. The molecule has 0 aliphatic carbocycles. The summed E-state index contributed by atoms with van der Waals surface area (Å²) in [7, 11) is 0. The fourth-order valence-corrected chi connectivity index (χ4v) is 5.45. The standard InChI is InChI=1S/C34H28Cl2N2O4/c1-3-5-10-32(39)34(41-27-15-11-25(35)12-16-27,42-28-17-13-26(36)14-18-28)33(40)38-21-19-24(22-38)30-23-37(20-4-2)31-9-7-6-8-29(30)31/h2,6-9,11-18,23-24H,10,19-22H2,1H3. The Morgan fingerprint density at radius 2 is 1.60 bits per heavy atom. The van der Waals surface area contributed by atoms with Crippen molar-refractivity contribution in [3.63, 3.8) is 0 Å². The van der Waals surface area contributed by atoms with Crippen LogP contribution in [0, 0.1) is 24.2 Å². The maximum Gasteiger partial charge on any atom is 0.395 e. The Morgan fingerprint density at radius 1 is 0.976 bits per heavy atom. The quantitative estimate of drug-likeness (QED) is 0.122. The minimum absolute atomic E-state index is 0.0205. The Bertz CT molecular complexity index is 1660. The molecule has 5 rings (SSSR count). The number of terminal acetylenes is 1. The number of benzene rings is 3. The molecule has 1 fully saturated rings. The van der Waals surface area contributed by atoms with E-state index in [1.54, 1.807) is 60.4 Å². The summed E-state index contributed by atoms with van der Waals surface area (Å²) in [5, 5.41) is 2.04. The number of likely N-dealkylation sites (tertiary alicyclic amines) is 1. The summed E-state index contributed by atoms with van der Waals surface area (Å²) in [6, 6.07) is 20.9. The van der Waals surface area contributed by atoms with Crippen LogP contribution < -0.4 is 9.47 Å². The molecule has 212 valence electrons. The van der Waals surface area contributed by atoms with Crippen LogP contribution in [0.5, 0.6) is 11.5 Å². The number of fused-ring (bicyclic) bond motifs is 1. The van der Waals surface area contributed by atoms with Crippen molar-refractivity contribution in [3.05, 3.63) is 94.6 Å². The number of nitrogens with zero attached hydrogens (tertiary/aromatic N) is 2. The summed E-state index contributed by atoms with van der Waals surface area (Å²) in [5.41, 5.74) is 2.14. The number of hydrogen-bond donors (Lipinski definition) is 0. The summed E-state index contributed by atoms with van der Waals surface area (Å²) in [6.45, 7) is 2.83. The lowest BCUT2D eigenvalue weighted by molar-refractivity contribution is -0.183. The number of Topliss-reactive ketones (excluding diaryl/α,β-unsaturated/α-hetero) is 1. The molecule has 1 atom stereocenters. The highest BCUT2D eigenvalue weighted by Gasteiger charge is 2.54. The van der Waals surface area contributed by atoms with E-state index in [-0.39, 0.29) is 23.8 Å². The second-order valence-corrected chi connectivity index (χ2v) is 10.8. The molecule has 1 amide bonds. The molecule has 0 radical (unpaired) electrons. The Hall–Kier alpha value is -4.36. The van der Waals surface area contributed by atoms with E-state index in [9.17, 15) is 9.59 Å². The molecule has 1 aromatic heterocycles. The first-order chi connectivity index (χ1) is 20.3. The molecule has 3 aromatic carbocycles. The molecule has 8 heteroatoms. The molecule has 1 unspecified atom stereocenters. The fraction of sp³-hybridized carbons (Fsp3) is 0.235. The van der Waals surface area contributed by atoms with Gasteiger partial charge < -0.3 is 18.9 Å². The number of amides is 1. The van der Waals surface area contributed by atoms with Crippen molar-refractivity contribution in [3.8, 4) is 35.7 Å². The van der Waals surface area contributed by atoms with Gasteiger partial charge in [-0.2, -0.15) is 0 Å². The first-order valence-corrected chi connectivity index (χ1v) is 14.2. The van der Waals surface area contributed by atoms with Crippen LogP contribution in [0.25, 0.3) is 10.9 Å². The van der Waals surface area contributed by atoms with Crippen molar-refractivity contribution in [2.45, 2.75) is 38.0 Å². The van der Waals surface area contributed by atoms with E-state index in [0.717, 1.165) is 16.5 Å². The number of para-hydroxylation sites is 1. The van der Waals surface area contributed by atoms with E-state index in [4.69, 9.17) is 39.1 Å². The van der Waals surface area contributed by atoms with Gasteiger partial charge >= 0.3 is 11.7 Å². The van der Waals surface area contributed by atoms with Gasteiger partial charge in [-0.1, -0.05) is 53.2 Å². The van der Waals surface area contributed by atoms with Gasteiger partial charge in [0.1, 0.15) is 11.5 Å². The SMILES string of the molecule is C#CCn1cc(C2CCN(C(=O)C(Oc3ccc(Cl)cc3)(Oc3ccc(Cl)cc3)C(=O)CC#CC)C2)c2ccccc21. The molecule has 42 heavy (non-hydrogen) atoms. The van der Waals surface area contributed by atoms with Crippen LogP contribution in [0.3, 0.4) is 0 Å². The summed E-state index contributed by atoms with van der Waals surface area (Å²) in [5.74, 6) is 5.14. The van der Waals surface area contributed by atoms with E-state index in [2.05, 4.69) is 30.0 Å². The Balaban J connectivity index is 1.53. The normalized spacial score (nSPS) is 14.6. The lowest BCUT2D eigenvalue weighted by Crippen LogP contribution is -2.61. The van der Waals surface area contributed by atoms with Crippen LogP contribution in [0.1, 0.15) is 31.2 Å². The predicted octanol–water partition coefficient (Wildman–Crippen LogP) is 6.73. The zero-order valence-electron chi connectivity index (χ0n) is 23.0. The van der Waals surface area contributed by atoms with Crippen molar-refractivity contribution >= 4 is 45.8 Å². The lowest BCUT2D eigenvalue weighted by atomic mass is 9.98. The zero-order chi connectivity index (χ0) is 29.7. The molecule has 1 aliphatic rings. The molecule has 2 heterocycles. The fourth-order valence-electron chi connectivity index (χ4n) is 5.20. The maximum absolute atomic E-state index is 14.5. The molecular formula is C34H28Cl2N2O4. The number of carbonyl (C=O) groups is 2. The summed E-state index contributed by atoms with van der Waals surface area (Å²) in [4.78, 5) is 30.0. The van der Waals surface area contributed by atoms with E-state index in [1.807, 2.05) is 22.8 Å². The Kier molecular flexibility index (Phi) is 8.78. The van der Waals surface area contributed by atoms with Gasteiger partial charge in [-0.3, -0.25) is 9.59 Å². The van der Waals surface area contributed by atoms with Crippen LogP contribution in [-0.4, -0.2) is 40.0 Å². The van der Waals surface area contributed by atoms with E-state index in [1.165, 1.54) is 0 Å². The summed E-state index contributed by atoms with van der Waals surface area (Å²) >= 11 is 12.2. The molecule has 1 aliphatic heterocycles. The van der Waals surface area contributed by atoms with Crippen LogP contribution >= 0.6 is 23.2 Å². The Labute approximate surface area is 255 Å². The zero-order valence-corrected chi connectivity index (χ0v) is 24.5. The summed E-state index contributed by atoms with van der Waals surface area (Å²) < 4.78 is 14.5. The van der Waals surface area contributed by atoms with Crippen molar-refractivity contribution in [2.24, 2.45) is 0 Å². The van der Waals surface area contributed by atoms with Crippen LogP contribution in [0.2, 0.25) is 10.0 Å². The third-order valence-corrected chi connectivity index (χ3v) is 7.73. The van der Waals surface area contributed by atoms with Crippen molar-refractivity contribution < 1.29 is 19.1 Å². The van der Waals surface area contributed by atoms with Gasteiger partial charge in [0, 0.05) is 46.2 Å². The molecule has 0 bridgehead atoms. The monoisotopic (exact) mass is 598 g/mol. The highest BCUT2D eigenvalue weighted by molar-refractivity contribution is 6.30. The third-order valence-electron chi connectivity index (χ3n) is 7.22. The van der Waals surface area contributed by atoms with Gasteiger partial charge in [0.05, 0.1) is 13.0 Å². The van der Waals surface area contributed by atoms with Gasteiger partial charge in [-0.15, -0.1) is 12.3 Å². The van der Waals surface area contributed by atoms with Crippen molar-refractivity contribution in [2.75, 3.05) is 13.1 Å². The van der Waals surface area contributed by atoms with Crippen molar-refractivity contribution in [1.29, 1.82) is 0 Å². The number of carbonyl (C=O) groups excluding carboxylic acids is 2. The largest absolute Gasteiger partial charge is 0.439 e. The van der Waals surface area contributed by atoms with Crippen LogP contribution in [0.4, 0.5) is 0 Å². The average Bonchev–Trinajstić information content (AvgIpc) is 3.63. The van der Waals surface area contributed by atoms with E-state index in [0.29, 0.717) is 36.1 Å². The number of ketones is 1.